The molecule has 1 N–H and O–H groups in total. The molecule has 0 aromatic heterocycles. The van der Waals surface area contributed by atoms with Crippen LogP contribution in [0.25, 0.3) is 0 Å². The Morgan fingerprint density at radius 3 is 2.70 bits per heavy atom. The van der Waals surface area contributed by atoms with E-state index in [0.717, 1.165) is 17.9 Å². The number of benzene rings is 1. The molecule has 1 aliphatic carbocycles. The molecule has 20 heavy (non-hydrogen) atoms. The Morgan fingerprint density at radius 2 is 2.00 bits per heavy atom. The highest BCUT2D eigenvalue weighted by molar-refractivity contribution is 5.14. The molecule has 0 aliphatic heterocycles. The van der Waals surface area contributed by atoms with Crippen molar-refractivity contribution in [3.63, 3.8) is 0 Å². The smallest absolute Gasteiger partial charge is 0.00985 e. The Hall–Kier alpha value is -0.820. The predicted octanol–water partition coefficient (Wildman–Crippen LogP) is 4.81. The van der Waals surface area contributed by atoms with E-state index in [1.165, 1.54) is 57.1 Å². The lowest BCUT2D eigenvalue weighted by molar-refractivity contribution is 0.215. The standard InChI is InChI=1S/C19H31N/c1-3-14-20-19(18-11-7-8-16(2)15-18)13-12-17-9-5-4-6-10-17/h4-6,9-10,16,18-20H,3,7-8,11-15H2,1-2H3. The SMILES string of the molecule is CCCNC(CCc1ccccc1)C1CCCC(C)C1. The summed E-state index contributed by atoms with van der Waals surface area (Å²) in [5, 5.41) is 3.83. The van der Waals surface area contributed by atoms with Gasteiger partial charge in [-0.05, 0) is 56.0 Å². The highest BCUT2D eigenvalue weighted by Gasteiger charge is 2.25. The Labute approximate surface area is 125 Å². The van der Waals surface area contributed by atoms with Gasteiger partial charge in [-0.25, -0.2) is 0 Å². The summed E-state index contributed by atoms with van der Waals surface area (Å²) < 4.78 is 0. The minimum atomic E-state index is 0.720. The molecular formula is C19H31N. The zero-order chi connectivity index (χ0) is 14.2. The molecular weight excluding hydrogens is 242 g/mol. The summed E-state index contributed by atoms with van der Waals surface area (Å²) in [5.74, 6) is 1.82. The Morgan fingerprint density at radius 1 is 1.20 bits per heavy atom. The zero-order valence-corrected chi connectivity index (χ0v) is 13.3. The summed E-state index contributed by atoms with van der Waals surface area (Å²) in [5.41, 5.74) is 1.49. The summed E-state index contributed by atoms with van der Waals surface area (Å²) >= 11 is 0. The fourth-order valence-electron chi connectivity index (χ4n) is 3.65. The number of rotatable bonds is 7. The van der Waals surface area contributed by atoms with E-state index < -0.39 is 0 Å². The third-order valence-electron chi connectivity index (χ3n) is 4.79. The third kappa shape index (κ3) is 4.94. The van der Waals surface area contributed by atoms with Crippen LogP contribution in [0.5, 0.6) is 0 Å². The minimum Gasteiger partial charge on any atom is -0.314 e. The average Bonchev–Trinajstić information content (AvgIpc) is 2.48. The van der Waals surface area contributed by atoms with Crippen LogP contribution in [-0.4, -0.2) is 12.6 Å². The van der Waals surface area contributed by atoms with Crippen molar-refractivity contribution >= 4 is 0 Å². The molecule has 0 spiro atoms. The molecule has 0 bridgehead atoms. The van der Waals surface area contributed by atoms with E-state index in [9.17, 15) is 0 Å². The monoisotopic (exact) mass is 273 g/mol. The van der Waals surface area contributed by atoms with Gasteiger partial charge in [0.05, 0.1) is 0 Å². The van der Waals surface area contributed by atoms with E-state index in [4.69, 9.17) is 0 Å². The highest BCUT2D eigenvalue weighted by atomic mass is 14.9. The van der Waals surface area contributed by atoms with Crippen LogP contribution in [0.1, 0.15) is 57.9 Å². The van der Waals surface area contributed by atoms with Gasteiger partial charge >= 0.3 is 0 Å². The second-order valence-electron chi connectivity index (χ2n) is 6.62. The molecule has 0 amide bonds. The van der Waals surface area contributed by atoms with Crippen LogP contribution >= 0.6 is 0 Å². The van der Waals surface area contributed by atoms with E-state index in [-0.39, 0.29) is 0 Å². The first-order valence-corrected chi connectivity index (χ1v) is 8.57. The Kier molecular flexibility index (Phi) is 6.59. The van der Waals surface area contributed by atoms with Crippen LogP contribution < -0.4 is 5.32 Å². The lowest BCUT2D eigenvalue weighted by Crippen LogP contribution is -2.39. The molecule has 1 aromatic carbocycles. The number of hydrogen-bond acceptors (Lipinski definition) is 1. The molecule has 3 unspecified atom stereocenters. The van der Waals surface area contributed by atoms with Gasteiger partial charge in [-0.3, -0.25) is 0 Å². The van der Waals surface area contributed by atoms with Crippen molar-refractivity contribution in [2.45, 2.75) is 64.8 Å². The minimum absolute atomic E-state index is 0.720. The summed E-state index contributed by atoms with van der Waals surface area (Å²) in [6.45, 7) is 5.87. The van der Waals surface area contributed by atoms with Crippen LogP contribution in [0.4, 0.5) is 0 Å². The first-order valence-electron chi connectivity index (χ1n) is 8.57. The van der Waals surface area contributed by atoms with Gasteiger partial charge in [-0.15, -0.1) is 0 Å². The lowest BCUT2D eigenvalue weighted by atomic mass is 9.77. The topological polar surface area (TPSA) is 12.0 Å². The zero-order valence-electron chi connectivity index (χ0n) is 13.3. The lowest BCUT2D eigenvalue weighted by Gasteiger charge is -2.34. The van der Waals surface area contributed by atoms with Crippen molar-refractivity contribution < 1.29 is 0 Å². The highest BCUT2D eigenvalue weighted by Crippen LogP contribution is 2.32. The molecule has 1 aliphatic rings. The van der Waals surface area contributed by atoms with Gasteiger partial charge in [-0.2, -0.15) is 0 Å². The predicted molar refractivity (Wildman–Crippen MR) is 88.0 cm³/mol. The van der Waals surface area contributed by atoms with Crippen molar-refractivity contribution in [3.05, 3.63) is 35.9 Å². The molecule has 1 heteroatoms. The Balaban J connectivity index is 1.89. The van der Waals surface area contributed by atoms with Crippen LogP contribution in [0.2, 0.25) is 0 Å². The van der Waals surface area contributed by atoms with Crippen LogP contribution in [0, 0.1) is 11.8 Å². The molecule has 1 saturated carbocycles. The molecule has 1 fully saturated rings. The van der Waals surface area contributed by atoms with Crippen molar-refractivity contribution in [1.82, 2.24) is 5.32 Å². The van der Waals surface area contributed by atoms with E-state index >= 15 is 0 Å². The number of aryl methyl sites for hydroxylation is 1. The van der Waals surface area contributed by atoms with Gasteiger partial charge < -0.3 is 5.32 Å². The van der Waals surface area contributed by atoms with E-state index in [2.05, 4.69) is 49.5 Å². The number of nitrogens with one attached hydrogen (secondary N) is 1. The summed E-state index contributed by atoms with van der Waals surface area (Å²) in [6, 6.07) is 11.7. The Bertz CT molecular complexity index is 359. The van der Waals surface area contributed by atoms with Crippen molar-refractivity contribution in [1.29, 1.82) is 0 Å². The quantitative estimate of drug-likeness (QED) is 0.751. The van der Waals surface area contributed by atoms with E-state index in [0.29, 0.717) is 0 Å². The first kappa shape index (κ1) is 15.6. The molecule has 112 valence electrons. The fourth-order valence-corrected chi connectivity index (χ4v) is 3.65. The molecule has 1 aromatic rings. The normalized spacial score (nSPS) is 24.5. The van der Waals surface area contributed by atoms with Crippen LogP contribution in [0.15, 0.2) is 30.3 Å². The van der Waals surface area contributed by atoms with Gasteiger partial charge in [0.25, 0.3) is 0 Å². The first-order chi connectivity index (χ1) is 9.79. The second kappa shape index (κ2) is 8.46. The second-order valence-corrected chi connectivity index (χ2v) is 6.62. The molecule has 1 nitrogen and oxygen atoms in total. The number of hydrogen-bond donors (Lipinski definition) is 1. The summed E-state index contributed by atoms with van der Waals surface area (Å²) in [7, 11) is 0. The van der Waals surface area contributed by atoms with Crippen molar-refractivity contribution in [3.8, 4) is 0 Å². The van der Waals surface area contributed by atoms with E-state index in [1.807, 2.05) is 0 Å². The van der Waals surface area contributed by atoms with Gasteiger partial charge in [0.2, 0.25) is 0 Å². The summed E-state index contributed by atoms with van der Waals surface area (Å²) in [4.78, 5) is 0. The molecule has 0 radical (unpaired) electrons. The average molecular weight is 273 g/mol. The largest absolute Gasteiger partial charge is 0.314 e. The maximum atomic E-state index is 3.83. The molecule has 0 saturated heterocycles. The third-order valence-corrected chi connectivity index (χ3v) is 4.79. The maximum Gasteiger partial charge on any atom is 0.00985 e. The van der Waals surface area contributed by atoms with Gasteiger partial charge in [0.15, 0.2) is 0 Å². The van der Waals surface area contributed by atoms with E-state index in [1.54, 1.807) is 0 Å². The van der Waals surface area contributed by atoms with Crippen molar-refractivity contribution in [2.75, 3.05) is 6.54 Å². The van der Waals surface area contributed by atoms with Gasteiger partial charge in [-0.1, -0.05) is 57.0 Å². The van der Waals surface area contributed by atoms with Gasteiger partial charge in [0.1, 0.15) is 0 Å². The molecule has 2 rings (SSSR count). The molecule has 0 heterocycles. The van der Waals surface area contributed by atoms with Crippen LogP contribution in [-0.2, 0) is 6.42 Å². The summed E-state index contributed by atoms with van der Waals surface area (Å²) in [6.07, 6.45) is 9.48. The molecule has 3 atom stereocenters. The van der Waals surface area contributed by atoms with Crippen molar-refractivity contribution in [2.24, 2.45) is 11.8 Å². The van der Waals surface area contributed by atoms with Crippen LogP contribution in [0.3, 0.4) is 0 Å². The maximum absolute atomic E-state index is 3.83. The van der Waals surface area contributed by atoms with Gasteiger partial charge in [0, 0.05) is 6.04 Å². The fraction of sp³-hybridized carbons (Fsp3) is 0.684.